The zero-order valence-corrected chi connectivity index (χ0v) is 10.6. The largest absolute Gasteiger partial charge is 0.478 e. The van der Waals surface area contributed by atoms with E-state index in [-0.39, 0.29) is 16.5 Å². The SMILES string of the molecule is CC1(C(=O)O)N=NN=N1.CC1(C(=O)O)N=NN=N1.[Ni]. The van der Waals surface area contributed by atoms with E-state index in [9.17, 15) is 9.59 Å². The van der Waals surface area contributed by atoms with Gasteiger partial charge in [0, 0.05) is 16.5 Å². The Balaban J connectivity index is 0.000000324. The molecule has 0 unspecified atom stereocenters. The molecule has 0 amide bonds. The molecular formula is C6H8N8NiO4. The van der Waals surface area contributed by atoms with Gasteiger partial charge in [-0.3, -0.25) is 0 Å². The normalized spacial score (nSPS) is 19.5. The van der Waals surface area contributed by atoms with Crippen molar-refractivity contribution in [2.45, 2.75) is 25.2 Å². The third-order valence-electron chi connectivity index (χ3n) is 1.85. The molecule has 2 N–H and O–H groups in total. The maximum Gasteiger partial charge on any atom is 0.358 e. The summed E-state index contributed by atoms with van der Waals surface area (Å²) in [5, 5.41) is 42.0. The standard InChI is InChI=1S/2C3H4N4O2.Ni/c2*1-3(2(8)9)4-6-7-5-3;/h2*1H3,(H,8,9);. The van der Waals surface area contributed by atoms with Crippen molar-refractivity contribution >= 4 is 11.9 Å². The molecule has 0 saturated carbocycles. The predicted molar refractivity (Wildman–Crippen MR) is 51.5 cm³/mol. The summed E-state index contributed by atoms with van der Waals surface area (Å²) in [5.74, 6) is -2.29. The summed E-state index contributed by atoms with van der Waals surface area (Å²) in [7, 11) is 0. The third-order valence-corrected chi connectivity index (χ3v) is 1.85. The summed E-state index contributed by atoms with van der Waals surface area (Å²) in [6, 6.07) is 0. The van der Waals surface area contributed by atoms with Crippen LogP contribution in [0.2, 0.25) is 0 Å². The summed E-state index contributed by atoms with van der Waals surface area (Å²) in [6.07, 6.45) is 0. The van der Waals surface area contributed by atoms with E-state index in [0.29, 0.717) is 0 Å². The van der Waals surface area contributed by atoms with E-state index in [2.05, 4.69) is 41.4 Å². The number of carbonyl (C=O) groups is 2. The molecule has 0 aliphatic carbocycles. The van der Waals surface area contributed by atoms with Crippen LogP contribution in [0.25, 0.3) is 0 Å². The van der Waals surface area contributed by atoms with Gasteiger partial charge in [-0.15, -0.1) is 20.5 Å². The number of nitrogens with zero attached hydrogens (tertiary/aromatic N) is 8. The zero-order valence-electron chi connectivity index (χ0n) is 9.60. The van der Waals surface area contributed by atoms with Gasteiger partial charge in [0.25, 0.3) is 11.3 Å². The fourth-order valence-electron chi connectivity index (χ4n) is 0.639. The zero-order chi connectivity index (χ0) is 13.8. The number of rotatable bonds is 2. The molecule has 0 aromatic carbocycles. The van der Waals surface area contributed by atoms with Crippen LogP contribution in [0.4, 0.5) is 0 Å². The van der Waals surface area contributed by atoms with Crippen molar-refractivity contribution in [1.29, 1.82) is 0 Å². The van der Waals surface area contributed by atoms with E-state index in [1.165, 1.54) is 13.8 Å². The van der Waals surface area contributed by atoms with Gasteiger partial charge in [-0.25, -0.2) is 9.59 Å². The average Bonchev–Trinajstić information content (AvgIpc) is 2.90. The van der Waals surface area contributed by atoms with Crippen molar-refractivity contribution in [2.24, 2.45) is 41.4 Å². The Hall–Kier alpha value is -2.17. The summed E-state index contributed by atoms with van der Waals surface area (Å²) in [6.45, 7) is 2.63. The Morgan fingerprint density at radius 3 is 1.05 bits per heavy atom. The van der Waals surface area contributed by atoms with Crippen LogP contribution in [-0.2, 0) is 26.1 Å². The predicted octanol–water partition coefficient (Wildman–Crippen LogP) is 1.24. The monoisotopic (exact) mass is 314 g/mol. The third kappa shape index (κ3) is 3.91. The van der Waals surface area contributed by atoms with Crippen LogP contribution in [0.1, 0.15) is 13.8 Å². The topological polar surface area (TPSA) is 173 Å². The van der Waals surface area contributed by atoms with Gasteiger partial charge in [-0.1, -0.05) is 0 Å². The van der Waals surface area contributed by atoms with Crippen LogP contribution in [-0.4, -0.2) is 33.5 Å². The molecule has 0 atom stereocenters. The first-order valence-corrected chi connectivity index (χ1v) is 4.45. The summed E-state index contributed by atoms with van der Waals surface area (Å²) in [5.41, 5.74) is -2.94. The van der Waals surface area contributed by atoms with Crippen LogP contribution < -0.4 is 0 Å². The molecule has 0 saturated heterocycles. The molecule has 0 spiro atoms. The van der Waals surface area contributed by atoms with E-state index in [0.717, 1.165) is 0 Å². The molecule has 13 heteroatoms. The molecule has 2 aliphatic heterocycles. The molecule has 0 fully saturated rings. The van der Waals surface area contributed by atoms with Gasteiger partial charge in [-0.05, 0) is 34.7 Å². The van der Waals surface area contributed by atoms with Gasteiger partial charge in [0.2, 0.25) is 0 Å². The van der Waals surface area contributed by atoms with Crippen molar-refractivity contribution in [3.05, 3.63) is 0 Å². The maximum atomic E-state index is 10.2. The summed E-state index contributed by atoms with van der Waals surface area (Å²) in [4.78, 5) is 20.4. The van der Waals surface area contributed by atoms with Crippen LogP contribution >= 0.6 is 0 Å². The van der Waals surface area contributed by atoms with Crippen molar-refractivity contribution in [3.8, 4) is 0 Å². The van der Waals surface area contributed by atoms with Gasteiger partial charge in [0.15, 0.2) is 0 Å². The Morgan fingerprint density at radius 2 is 0.947 bits per heavy atom. The minimum absolute atomic E-state index is 0. The van der Waals surface area contributed by atoms with E-state index in [4.69, 9.17) is 10.2 Å². The first-order valence-electron chi connectivity index (χ1n) is 4.45. The van der Waals surface area contributed by atoms with Crippen LogP contribution in [0.5, 0.6) is 0 Å². The molecule has 0 radical (unpaired) electrons. The first kappa shape index (κ1) is 16.8. The molecule has 19 heavy (non-hydrogen) atoms. The number of hydrogen-bond acceptors (Lipinski definition) is 10. The quantitative estimate of drug-likeness (QED) is 0.729. The molecule has 0 bridgehead atoms. The first-order chi connectivity index (χ1) is 8.30. The minimum atomic E-state index is -1.47. The number of carboxylic acid groups (broad SMARTS) is 2. The molecule has 0 aromatic heterocycles. The van der Waals surface area contributed by atoms with Crippen LogP contribution in [0.3, 0.4) is 0 Å². The molecule has 2 rings (SSSR count). The van der Waals surface area contributed by atoms with Crippen LogP contribution in [0, 0.1) is 0 Å². The average molecular weight is 315 g/mol. The molecule has 106 valence electrons. The Kier molecular flexibility index (Phi) is 5.43. The fourth-order valence-corrected chi connectivity index (χ4v) is 0.639. The van der Waals surface area contributed by atoms with Crippen LogP contribution in [0.15, 0.2) is 41.4 Å². The van der Waals surface area contributed by atoms with Gasteiger partial charge < -0.3 is 10.2 Å². The van der Waals surface area contributed by atoms with Crippen molar-refractivity contribution < 1.29 is 36.3 Å². The van der Waals surface area contributed by atoms with E-state index >= 15 is 0 Å². The molecule has 2 aliphatic rings. The second-order valence-corrected chi connectivity index (χ2v) is 3.41. The number of carboxylic acids is 2. The Morgan fingerprint density at radius 1 is 0.737 bits per heavy atom. The second kappa shape index (κ2) is 6.13. The molecule has 2 heterocycles. The summed E-state index contributed by atoms with van der Waals surface area (Å²) < 4.78 is 0. The van der Waals surface area contributed by atoms with E-state index in [1.807, 2.05) is 0 Å². The van der Waals surface area contributed by atoms with Gasteiger partial charge in [0.05, 0.1) is 0 Å². The maximum absolute atomic E-state index is 10.2. The molecular weight excluding hydrogens is 307 g/mol. The van der Waals surface area contributed by atoms with Gasteiger partial charge >= 0.3 is 11.9 Å². The Bertz CT molecular complexity index is 418. The minimum Gasteiger partial charge on any atom is -0.478 e. The van der Waals surface area contributed by atoms with Crippen molar-refractivity contribution in [1.82, 2.24) is 0 Å². The fraction of sp³-hybridized carbons (Fsp3) is 0.667. The smallest absolute Gasteiger partial charge is 0.358 e. The molecule has 12 nitrogen and oxygen atoms in total. The van der Waals surface area contributed by atoms with Gasteiger partial charge in [0.1, 0.15) is 0 Å². The number of hydrogen-bond donors (Lipinski definition) is 2. The second-order valence-electron chi connectivity index (χ2n) is 3.41. The molecule has 0 aromatic rings. The van der Waals surface area contributed by atoms with E-state index in [1.54, 1.807) is 0 Å². The number of aliphatic carboxylic acids is 2. The Labute approximate surface area is 115 Å². The van der Waals surface area contributed by atoms with Crippen molar-refractivity contribution in [3.63, 3.8) is 0 Å². The van der Waals surface area contributed by atoms with E-state index < -0.39 is 23.3 Å². The summed E-state index contributed by atoms with van der Waals surface area (Å²) >= 11 is 0. The van der Waals surface area contributed by atoms with Gasteiger partial charge in [-0.2, -0.15) is 0 Å². The van der Waals surface area contributed by atoms with Crippen molar-refractivity contribution in [2.75, 3.05) is 0 Å².